The molecule has 0 atom stereocenters. The molecule has 0 heterocycles. The van der Waals surface area contributed by atoms with Crippen LogP contribution in [-0.4, -0.2) is 23.8 Å². The quantitative estimate of drug-likeness (QED) is 0.290. The summed E-state index contributed by atoms with van der Waals surface area (Å²) in [4.78, 5) is 36.3. The summed E-state index contributed by atoms with van der Waals surface area (Å²) in [6.07, 6.45) is 1.42. The molecule has 2 N–H and O–H groups in total. The molecule has 0 spiro atoms. The largest absolute Gasteiger partial charge is 0.497 e. The highest BCUT2D eigenvalue weighted by Crippen LogP contribution is 2.23. The molecule has 0 saturated carbocycles. The van der Waals surface area contributed by atoms with Crippen molar-refractivity contribution < 1.29 is 19.2 Å². The zero-order valence-electron chi connectivity index (χ0n) is 17.8. The number of hydrogen-bond acceptors (Lipinski definition) is 5. The predicted molar refractivity (Wildman–Crippen MR) is 126 cm³/mol. The molecule has 3 rings (SSSR count). The van der Waals surface area contributed by atoms with Gasteiger partial charge in [-0.15, -0.1) is 0 Å². The lowest BCUT2D eigenvalue weighted by atomic mass is 10.1. The summed E-state index contributed by atoms with van der Waals surface area (Å²) in [5.41, 5.74) is 1.97. The van der Waals surface area contributed by atoms with Crippen LogP contribution in [0.2, 0.25) is 5.02 Å². The van der Waals surface area contributed by atoms with Gasteiger partial charge in [0.15, 0.2) is 0 Å². The Labute approximate surface area is 195 Å². The molecule has 0 fully saturated rings. The molecule has 0 aromatic heterocycles. The van der Waals surface area contributed by atoms with E-state index in [1.807, 2.05) is 13.0 Å². The SMILES string of the molecule is COc1ccc(C(=O)N/C(=C/c2ccc([N+](=O)[O-])cc2)C(=O)Nc2cccc(C)c2)c(Cl)c1. The van der Waals surface area contributed by atoms with Gasteiger partial charge in [0.2, 0.25) is 0 Å². The number of benzene rings is 3. The summed E-state index contributed by atoms with van der Waals surface area (Å²) in [7, 11) is 1.48. The van der Waals surface area contributed by atoms with Crippen LogP contribution in [0.3, 0.4) is 0 Å². The van der Waals surface area contributed by atoms with Crippen LogP contribution in [-0.2, 0) is 4.79 Å². The molecule has 0 saturated heterocycles. The van der Waals surface area contributed by atoms with Crippen molar-refractivity contribution in [3.8, 4) is 5.75 Å². The molecule has 0 aliphatic carbocycles. The molecule has 3 aromatic carbocycles. The molecule has 0 radical (unpaired) electrons. The first kappa shape index (κ1) is 23.5. The van der Waals surface area contributed by atoms with Crippen LogP contribution in [0.5, 0.6) is 5.75 Å². The monoisotopic (exact) mass is 465 g/mol. The number of nitro benzene ring substituents is 1. The van der Waals surface area contributed by atoms with Gasteiger partial charge in [-0.25, -0.2) is 0 Å². The number of hydrogen-bond donors (Lipinski definition) is 2. The van der Waals surface area contributed by atoms with E-state index < -0.39 is 16.7 Å². The first-order valence-corrected chi connectivity index (χ1v) is 10.1. The summed E-state index contributed by atoms with van der Waals surface area (Å²) >= 11 is 6.20. The van der Waals surface area contributed by atoms with Crippen LogP contribution in [0, 0.1) is 17.0 Å². The third kappa shape index (κ3) is 6.18. The Bertz CT molecular complexity index is 1240. The van der Waals surface area contributed by atoms with Crippen molar-refractivity contribution in [2.45, 2.75) is 6.92 Å². The van der Waals surface area contributed by atoms with Gasteiger partial charge in [0, 0.05) is 17.8 Å². The summed E-state index contributed by atoms with van der Waals surface area (Å²) in [6, 6.07) is 17.3. The molecular weight excluding hydrogens is 446 g/mol. The van der Waals surface area contributed by atoms with Crippen LogP contribution >= 0.6 is 11.6 Å². The maximum Gasteiger partial charge on any atom is 0.272 e. The minimum absolute atomic E-state index is 0.0674. The lowest BCUT2D eigenvalue weighted by Gasteiger charge is -2.13. The number of nitro groups is 1. The van der Waals surface area contributed by atoms with E-state index in [2.05, 4.69) is 10.6 Å². The van der Waals surface area contributed by atoms with E-state index >= 15 is 0 Å². The first-order valence-electron chi connectivity index (χ1n) is 9.76. The standard InChI is InChI=1S/C24H20ClN3O5/c1-15-4-3-5-17(12-15)26-24(30)22(13-16-6-8-18(9-7-16)28(31)32)27-23(29)20-11-10-19(33-2)14-21(20)25/h3-14H,1-2H3,(H,26,30)(H,27,29)/b22-13+. The van der Waals surface area contributed by atoms with E-state index in [4.69, 9.17) is 16.3 Å². The fourth-order valence-electron chi connectivity index (χ4n) is 2.94. The normalized spacial score (nSPS) is 10.9. The first-order chi connectivity index (χ1) is 15.8. The van der Waals surface area contributed by atoms with E-state index in [9.17, 15) is 19.7 Å². The number of non-ortho nitro benzene ring substituents is 1. The number of nitrogens with one attached hydrogen (secondary N) is 2. The average Bonchev–Trinajstić information content (AvgIpc) is 2.78. The second-order valence-electron chi connectivity index (χ2n) is 7.03. The van der Waals surface area contributed by atoms with E-state index in [1.165, 1.54) is 49.6 Å². The van der Waals surface area contributed by atoms with Crippen LogP contribution in [0.15, 0.2) is 72.4 Å². The highest BCUT2D eigenvalue weighted by Gasteiger charge is 2.18. The Morgan fingerprint density at radius 2 is 1.79 bits per heavy atom. The molecule has 168 valence electrons. The number of anilines is 1. The van der Waals surface area contributed by atoms with E-state index in [-0.39, 0.29) is 22.0 Å². The van der Waals surface area contributed by atoms with Gasteiger partial charge in [-0.2, -0.15) is 0 Å². The maximum absolute atomic E-state index is 13.0. The Morgan fingerprint density at radius 3 is 2.39 bits per heavy atom. The van der Waals surface area contributed by atoms with Gasteiger partial charge in [-0.05, 0) is 66.6 Å². The topological polar surface area (TPSA) is 111 Å². The van der Waals surface area contributed by atoms with Crippen LogP contribution in [0.4, 0.5) is 11.4 Å². The zero-order valence-corrected chi connectivity index (χ0v) is 18.6. The maximum atomic E-state index is 13.0. The van der Waals surface area contributed by atoms with Crippen molar-refractivity contribution in [1.29, 1.82) is 0 Å². The number of ether oxygens (including phenoxy) is 1. The van der Waals surface area contributed by atoms with Gasteiger partial charge < -0.3 is 15.4 Å². The third-order valence-electron chi connectivity index (χ3n) is 4.60. The number of amides is 2. The number of halogens is 1. The predicted octanol–water partition coefficient (Wildman–Crippen LogP) is 4.97. The van der Waals surface area contributed by atoms with E-state index in [0.717, 1.165) is 5.56 Å². The number of carbonyl (C=O) groups is 2. The van der Waals surface area contributed by atoms with Gasteiger partial charge in [-0.1, -0.05) is 23.7 Å². The van der Waals surface area contributed by atoms with Crippen molar-refractivity contribution in [2.24, 2.45) is 0 Å². The number of carbonyl (C=O) groups excluding carboxylic acids is 2. The lowest BCUT2D eigenvalue weighted by molar-refractivity contribution is -0.384. The van der Waals surface area contributed by atoms with Crippen molar-refractivity contribution in [3.63, 3.8) is 0 Å². The highest BCUT2D eigenvalue weighted by atomic mass is 35.5. The van der Waals surface area contributed by atoms with Crippen LogP contribution in [0.25, 0.3) is 6.08 Å². The summed E-state index contributed by atoms with van der Waals surface area (Å²) in [5.74, 6) is -0.692. The Balaban J connectivity index is 1.92. The molecule has 33 heavy (non-hydrogen) atoms. The minimum Gasteiger partial charge on any atom is -0.497 e. The third-order valence-corrected chi connectivity index (χ3v) is 4.92. The number of methoxy groups -OCH3 is 1. The fourth-order valence-corrected chi connectivity index (χ4v) is 3.19. The van der Waals surface area contributed by atoms with Gasteiger partial charge in [0.25, 0.3) is 17.5 Å². The second-order valence-corrected chi connectivity index (χ2v) is 7.44. The van der Waals surface area contributed by atoms with Gasteiger partial charge in [-0.3, -0.25) is 19.7 Å². The van der Waals surface area contributed by atoms with Crippen LogP contribution < -0.4 is 15.4 Å². The molecule has 0 aliphatic heterocycles. The van der Waals surface area contributed by atoms with Crippen molar-refractivity contribution >= 4 is 40.9 Å². The van der Waals surface area contributed by atoms with Gasteiger partial charge in [0.1, 0.15) is 11.4 Å². The summed E-state index contributed by atoms with van der Waals surface area (Å²) in [6.45, 7) is 1.89. The molecule has 0 aliphatic rings. The fraction of sp³-hybridized carbons (Fsp3) is 0.0833. The molecule has 2 amide bonds. The van der Waals surface area contributed by atoms with Crippen molar-refractivity contribution in [1.82, 2.24) is 5.32 Å². The average molecular weight is 466 g/mol. The molecule has 9 heteroatoms. The van der Waals surface area contributed by atoms with Crippen LogP contribution in [0.1, 0.15) is 21.5 Å². The molecule has 0 unspecified atom stereocenters. The summed E-state index contributed by atoms with van der Waals surface area (Å²) < 4.78 is 5.09. The second kappa shape index (κ2) is 10.4. The minimum atomic E-state index is -0.602. The van der Waals surface area contributed by atoms with Crippen molar-refractivity contribution in [3.05, 3.63) is 104 Å². The van der Waals surface area contributed by atoms with E-state index in [0.29, 0.717) is 17.0 Å². The Hall–Kier alpha value is -4.17. The number of rotatable bonds is 7. The number of nitrogens with zero attached hydrogens (tertiary/aromatic N) is 1. The van der Waals surface area contributed by atoms with Gasteiger partial charge in [0.05, 0.1) is 22.6 Å². The van der Waals surface area contributed by atoms with Crippen molar-refractivity contribution in [2.75, 3.05) is 12.4 Å². The lowest BCUT2D eigenvalue weighted by Crippen LogP contribution is -2.31. The molecule has 8 nitrogen and oxygen atoms in total. The summed E-state index contributed by atoms with van der Waals surface area (Å²) in [5, 5.41) is 16.4. The molecule has 3 aromatic rings. The highest BCUT2D eigenvalue weighted by molar-refractivity contribution is 6.34. The molecule has 0 bridgehead atoms. The van der Waals surface area contributed by atoms with Gasteiger partial charge >= 0.3 is 0 Å². The van der Waals surface area contributed by atoms with E-state index in [1.54, 1.807) is 24.3 Å². The smallest absolute Gasteiger partial charge is 0.272 e. The zero-order chi connectivity index (χ0) is 24.0. The number of aryl methyl sites for hydroxylation is 1. The Morgan fingerprint density at radius 1 is 1.06 bits per heavy atom. The Kier molecular flexibility index (Phi) is 7.42. The molecular formula is C24H20ClN3O5.